The SMILES string of the molecule is COCCNC(=O)C(C)Nc1cc(N)nc(C2CC2)n1. The quantitative estimate of drug-likeness (QED) is 0.628. The van der Waals surface area contributed by atoms with Crippen molar-refractivity contribution in [1.82, 2.24) is 15.3 Å². The molecule has 1 aliphatic rings. The van der Waals surface area contributed by atoms with Crippen molar-refractivity contribution in [1.29, 1.82) is 0 Å². The van der Waals surface area contributed by atoms with E-state index in [1.165, 1.54) is 0 Å². The van der Waals surface area contributed by atoms with Gasteiger partial charge >= 0.3 is 0 Å². The monoisotopic (exact) mass is 279 g/mol. The van der Waals surface area contributed by atoms with Gasteiger partial charge in [0.2, 0.25) is 5.91 Å². The van der Waals surface area contributed by atoms with Crippen LogP contribution in [0.2, 0.25) is 0 Å². The van der Waals surface area contributed by atoms with E-state index in [0.29, 0.717) is 30.7 Å². The van der Waals surface area contributed by atoms with Crippen LogP contribution in [0.1, 0.15) is 31.5 Å². The number of nitrogens with zero attached hydrogens (tertiary/aromatic N) is 2. The molecule has 0 aromatic carbocycles. The zero-order valence-corrected chi connectivity index (χ0v) is 11.8. The Morgan fingerprint density at radius 3 is 2.95 bits per heavy atom. The molecule has 1 heterocycles. The maximum atomic E-state index is 11.8. The number of nitrogen functional groups attached to an aromatic ring is 1. The van der Waals surface area contributed by atoms with Crippen molar-refractivity contribution >= 4 is 17.5 Å². The first-order valence-corrected chi connectivity index (χ1v) is 6.77. The Labute approximate surface area is 118 Å². The summed E-state index contributed by atoms with van der Waals surface area (Å²) < 4.78 is 4.88. The maximum absolute atomic E-state index is 11.8. The predicted octanol–water partition coefficient (Wildman–Crippen LogP) is 0.499. The Morgan fingerprint density at radius 2 is 2.30 bits per heavy atom. The number of carbonyl (C=O) groups excluding carboxylic acids is 1. The molecule has 2 rings (SSSR count). The highest BCUT2D eigenvalue weighted by Gasteiger charge is 2.27. The minimum Gasteiger partial charge on any atom is -0.384 e. The molecule has 1 saturated carbocycles. The summed E-state index contributed by atoms with van der Waals surface area (Å²) >= 11 is 0. The summed E-state index contributed by atoms with van der Waals surface area (Å²) in [5, 5.41) is 5.82. The van der Waals surface area contributed by atoms with Gasteiger partial charge in [0.25, 0.3) is 0 Å². The summed E-state index contributed by atoms with van der Waals surface area (Å²) in [5.74, 6) is 2.10. The first-order valence-electron chi connectivity index (χ1n) is 6.77. The number of carbonyl (C=O) groups is 1. The standard InChI is InChI=1S/C13H21N5O2/c1-8(13(19)15-5-6-20-2)16-11-7-10(14)17-12(18-11)9-3-4-9/h7-9H,3-6H2,1-2H3,(H,15,19)(H3,14,16,17,18). The second-order valence-electron chi connectivity index (χ2n) is 4.96. The first kappa shape index (κ1) is 14.5. The molecule has 1 unspecified atom stereocenters. The molecule has 1 atom stereocenters. The molecule has 110 valence electrons. The topological polar surface area (TPSA) is 102 Å². The normalized spacial score (nSPS) is 15.7. The van der Waals surface area contributed by atoms with Crippen LogP contribution < -0.4 is 16.4 Å². The minimum atomic E-state index is -0.395. The summed E-state index contributed by atoms with van der Waals surface area (Å²) in [6.07, 6.45) is 2.21. The lowest BCUT2D eigenvalue weighted by molar-refractivity contribution is -0.121. The van der Waals surface area contributed by atoms with Crippen LogP contribution in [0.5, 0.6) is 0 Å². The molecule has 0 radical (unpaired) electrons. The molecule has 0 spiro atoms. The number of hydrogen-bond acceptors (Lipinski definition) is 6. The summed E-state index contributed by atoms with van der Waals surface area (Å²) in [5.41, 5.74) is 5.77. The lowest BCUT2D eigenvalue weighted by Gasteiger charge is -2.15. The number of anilines is 2. The molecule has 1 amide bonds. The van der Waals surface area contributed by atoms with E-state index in [9.17, 15) is 4.79 Å². The van der Waals surface area contributed by atoms with Crippen LogP contribution in [-0.2, 0) is 9.53 Å². The number of nitrogens with two attached hydrogens (primary N) is 1. The third-order valence-electron chi connectivity index (χ3n) is 3.07. The number of rotatable bonds is 7. The summed E-state index contributed by atoms with van der Waals surface area (Å²) in [6.45, 7) is 2.75. The second kappa shape index (κ2) is 6.51. The summed E-state index contributed by atoms with van der Waals surface area (Å²) in [7, 11) is 1.59. The number of ether oxygens (including phenoxy) is 1. The lowest BCUT2D eigenvalue weighted by Crippen LogP contribution is -2.39. The Hall–Kier alpha value is -1.89. The fourth-order valence-electron chi connectivity index (χ4n) is 1.80. The van der Waals surface area contributed by atoms with Gasteiger partial charge in [0.05, 0.1) is 6.61 Å². The van der Waals surface area contributed by atoms with Gasteiger partial charge < -0.3 is 21.1 Å². The summed E-state index contributed by atoms with van der Waals surface area (Å²) in [6, 6.07) is 1.25. The number of amides is 1. The summed E-state index contributed by atoms with van der Waals surface area (Å²) in [4.78, 5) is 20.5. The van der Waals surface area contributed by atoms with Crippen LogP contribution in [0.25, 0.3) is 0 Å². The van der Waals surface area contributed by atoms with E-state index in [0.717, 1.165) is 18.7 Å². The van der Waals surface area contributed by atoms with Gasteiger partial charge in [-0.1, -0.05) is 0 Å². The Balaban J connectivity index is 1.93. The average molecular weight is 279 g/mol. The van der Waals surface area contributed by atoms with Gasteiger partial charge in [-0.15, -0.1) is 0 Å². The first-order chi connectivity index (χ1) is 9.60. The Bertz CT molecular complexity index is 476. The highest BCUT2D eigenvalue weighted by Crippen LogP contribution is 2.38. The van der Waals surface area contributed by atoms with Crippen molar-refractivity contribution in [2.45, 2.75) is 31.7 Å². The van der Waals surface area contributed by atoms with Crippen molar-refractivity contribution in [3.05, 3.63) is 11.9 Å². The third-order valence-corrected chi connectivity index (χ3v) is 3.07. The van der Waals surface area contributed by atoms with Gasteiger partial charge in [0.15, 0.2) is 0 Å². The van der Waals surface area contributed by atoms with Gasteiger partial charge in [-0.25, -0.2) is 9.97 Å². The second-order valence-corrected chi connectivity index (χ2v) is 4.96. The Kier molecular flexibility index (Phi) is 4.73. The molecule has 1 fully saturated rings. The van der Waals surface area contributed by atoms with Crippen molar-refractivity contribution in [3.8, 4) is 0 Å². The van der Waals surface area contributed by atoms with Crippen LogP contribution >= 0.6 is 0 Å². The molecule has 0 saturated heterocycles. The molecular formula is C13H21N5O2. The maximum Gasteiger partial charge on any atom is 0.242 e. The fraction of sp³-hybridized carbons (Fsp3) is 0.615. The van der Waals surface area contributed by atoms with Crippen molar-refractivity contribution in [2.75, 3.05) is 31.3 Å². The van der Waals surface area contributed by atoms with Crippen LogP contribution in [0.4, 0.5) is 11.6 Å². The fourth-order valence-corrected chi connectivity index (χ4v) is 1.80. The van der Waals surface area contributed by atoms with Gasteiger partial charge in [-0.3, -0.25) is 4.79 Å². The van der Waals surface area contributed by atoms with E-state index < -0.39 is 6.04 Å². The van der Waals surface area contributed by atoms with Crippen molar-refractivity contribution < 1.29 is 9.53 Å². The van der Waals surface area contributed by atoms with Crippen LogP contribution in [-0.4, -0.2) is 42.2 Å². The lowest BCUT2D eigenvalue weighted by atomic mass is 10.3. The molecule has 1 aromatic heterocycles. The molecule has 7 heteroatoms. The van der Waals surface area contributed by atoms with E-state index >= 15 is 0 Å². The number of nitrogens with one attached hydrogen (secondary N) is 2. The molecule has 1 aliphatic carbocycles. The zero-order chi connectivity index (χ0) is 14.5. The van der Waals surface area contributed by atoms with Gasteiger partial charge in [0, 0.05) is 25.6 Å². The minimum absolute atomic E-state index is 0.104. The Morgan fingerprint density at radius 1 is 1.55 bits per heavy atom. The third kappa shape index (κ3) is 4.06. The number of methoxy groups -OCH3 is 1. The number of hydrogen-bond donors (Lipinski definition) is 3. The van der Waals surface area contributed by atoms with Crippen molar-refractivity contribution in [3.63, 3.8) is 0 Å². The molecule has 1 aromatic rings. The molecule has 0 aliphatic heterocycles. The van der Waals surface area contributed by atoms with Crippen LogP contribution in [0, 0.1) is 0 Å². The van der Waals surface area contributed by atoms with Crippen LogP contribution in [0.3, 0.4) is 0 Å². The zero-order valence-electron chi connectivity index (χ0n) is 11.8. The highest BCUT2D eigenvalue weighted by molar-refractivity contribution is 5.83. The molecule has 20 heavy (non-hydrogen) atoms. The van der Waals surface area contributed by atoms with Crippen molar-refractivity contribution in [2.24, 2.45) is 0 Å². The molecule has 7 nitrogen and oxygen atoms in total. The van der Waals surface area contributed by atoms with Gasteiger partial charge in [-0.05, 0) is 19.8 Å². The largest absolute Gasteiger partial charge is 0.384 e. The van der Waals surface area contributed by atoms with E-state index in [-0.39, 0.29) is 5.91 Å². The smallest absolute Gasteiger partial charge is 0.242 e. The number of aromatic nitrogens is 2. The average Bonchev–Trinajstić information content (AvgIpc) is 3.22. The van der Waals surface area contributed by atoms with E-state index in [4.69, 9.17) is 10.5 Å². The van der Waals surface area contributed by atoms with E-state index in [1.54, 1.807) is 20.1 Å². The molecular weight excluding hydrogens is 258 g/mol. The van der Waals surface area contributed by atoms with Gasteiger partial charge in [-0.2, -0.15) is 0 Å². The molecule has 4 N–H and O–H groups in total. The van der Waals surface area contributed by atoms with E-state index in [1.807, 2.05) is 0 Å². The molecule has 0 bridgehead atoms. The van der Waals surface area contributed by atoms with E-state index in [2.05, 4.69) is 20.6 Å². The highest BCUT2D eigenvalue weighted by atomic mass is 16.5. The van der Waals surface area contributed by atoms with Crippen LogP contribution in [0.15, 0.2) is 6.07 Å². The van der Waals surface area contributed by atoms with Gasteiger partial charge in [0.1, 0.15) is 23.5 Å². The predicted molar refractivity (Wildman–Crippen MR) is 76.4 cm³/mol.